The van der Waals surface area contributed by atoms with Crippen LogP contribution in [-0.2, 0) is 7.05 Å². The Hall–Kier alpha value is -1.65. The first-order valence-corrected chi connectivity index (χ1v) is 16.9. The molecule has 0 saturated heterocycles. The third-order valence-corrected chi connectivity index (χ3v) is 10.5. The fourth-order valence-electron chi connectivity index (χ4n) is 3.52. The van der Waals surface area contributed by atoms with E-state index < -0.39 is 13.3 Å². The van der Waals surface area contributed by atoms with Gasteiger partial charge in [0.25, 0.3) is 0 Å². The maximum atomic E-state index is 2.45. The van der Waals surface area contributed by atoms with Crippen LogP contribution in [0.25, 0.3) is 31.4 Å². The summed E-state index contributed by atoms with van der Waals surface area (Å²) in [5, 5.41) is 2.74. The topological polar surface area (TPSA) is 3.88 Å². The molecule has 25 heavy (non-hydrogen) atoms. The van der Waals surface area contributed by atoms with Gasteiger partial charge in [0.2, 0.25) is 0 Å². The van der Waals surface area contributed by atoms with Crippen LogP contribution in [0.4, 0.5) is 0 Å². The standard InChI is InChI=1S/C22H24GeNS/c1-15-10-12-18-17-8-6-7-9-20(17)25-22(18)21(15)19-13-11-16(14-24(19)5)23(2,3)4/h6-14H,1-5H3/q+1. The van der Waals surface area contributed by atoms with Gasteiger partial charge in [0.15, 0.2) is 0 Å². The van der Waals surface area contributed by atoms with E-state index in [9.17, 15) is 0 Å². The summed E-state index contributed by atoms with van der Waals surface area (Å²) >= 11 is 0.102. The monoisotopic (exact) mass is 408 g/mol. The van der Waals surface area contributed by atoms with Gasteiger partial charge in [0.05, 0.1) is 0 Å². The Morgan fingerprint density at radius 2 is 1.64 bits per heavy atom. The van der Waals surface area contributed by atoms with E-state index in [1.807, 2.05) is 11.3 Å². The van der Waals surface area contributed by atoms with Crippen LogP contribution in [0.2, 0.25) is 17.3 Å². The number of pyridine rings is 1. The van der Waals surface area contributed by atoms with Crippen molar-refractivity contribution in [3.8, 4) is 11.3 Å². The molecule has 3 heteroatoms. The predicted molar refractivity (Wildman–Crippen MR) is 114 cm³/mol. The molecule has 0 amide bonds. The van der Waals surface area contributed by atoms with Crippen molar-refractivity contribution in [3.05, 3.63) is 60.3 Å². The number of hydrogen-bond acceptors (Lipinski definition) is 1. The van der Waals surface area contributed by atoms with Crippen molar-refractivity contribution in [3.63, 3.8) is 0 Å². The summed E-state index contributed by atoms with van der Waals surface area (Å²) in [6.07, 6.45) is 2.36. The van der Waals surface area contributed by atoms with Gasteiger partial charge in [0, 0.05) is 0 Å². The summed E-state index contributed by atoms with van der Waals surface area (Å²) in [5.41, 5.74) is 4.04. The van der Waals surface area contributed by atoms with E-state index in [4.69, 9.17) is 0 Å². The Kier molecular flexibility index (Phi) is 4.01. The molecule has 0 bridgehead atoms. The summed E-state index contributed by atoms with van der Waals surface area (Å²) in [7, 11) is 2.19. The molecule has 0 aliphatic heterocycles. The molecule has 0 spiro atoms. The Bertz CT molecular complexity index is 1100. The zero-order chi connectivity index (χ0) is 17.8. The molecule has 4 rings (SSSR count). The SMILES string of the molecule is Cc1ccc2c(sc3ccccc32)c1-c1cc[c]([Ge]([CH3])([CH3])[CH3])c[n+]1C. The Morgan fingerprint density at radius 3 is 2.36 bits per heavy atom. The predicted octanol–water partition coefficient (Wildman–Crippen LogP) is 5.40. The van der Waals surface area contributed by atoms with E-state index in [1.165, 1.54) is 37.0 Å². The second-order valence-electron chi connectivity index (χ2n) is 7.90. The average Bonchev–Trinajstić information content (AvgIpc) is 2.93. The number of benzene rings is 2. The van der Waals surface area contributed by atoms with Crippen LogP contribution in [0.3, 0.4) is 0 Å². The second-order valence-corrected chi connectivity index (χ2v) is 19.6. The number of aromatic nitrogens is 1. The normalized spacial score (nSPS) is 12.2. The van der Waals surface area contributed by atoms with E-state index in [0.29, 0.717) is 0 Å². The number of thiophene rings is 1. The first kappa shape index (κ1) is 16.8. The summed E-state index contributed by atoms with van der Waals surface area (Å²) in [6, 6.07) is 18.0. The van der Waals surface area contributed by atoms with Gasteiger partial charge in [0.1, 0.15) is 0 Å². The van der Waals surface area contributed by atoms with Crippen molar-refractivity contribution in [2.24, 2.45) is 7.05 Å². The molecule has 126 valence electrons. The van der Waals surface area contributed by atoms with Crippen molar-refractivity contribution in [2.45, 2.75) is 24.2 Å². The number of rotatable bonds is 2. The first-order valence-electron chi connectivity index (χ1n) is 8.77. The van der Waals surface area contributed by atoms with Crippen molar-refractivity contribution < 1.29 is 4.57 Å². The molecule has 0 unspecified atom stereocenters. The van der Waals surface area contributed by atoms with Crippen LogP contribution >= 0.6 is 11.3 Å². The molecule has 0 aliphatic carbocycles. The molecule has 2 heterocycles. The number of fused-ring (bicyclic) bond motifs is 3. The van der Waals surface area contributed by atoms with E-state index >= 15 is 0 Å². The zero-order valence-electron chi connectivity index (χ0n) is 15.6. The van der Waals surface area contributed by atoms with Gasteiger partial charge in [-0.15, -0.1) is 0 Å². The number of aryl methyl sites for hydroxylation is 2. The van der Waals surface area contributed by atoms with Crippen LogP contribution in [0.1, 0.15) is 5.56 Å². The third kappa shape index (κ3) is 2.81. The average molecular weight is 407 g/mol. The van der Waals surface area contributed by atoms with Crippen molar-refractivity contribution in [1.82, 2.24) is 0 Å². The minimum atomic E-state index is -1.81. The van der Waals surface area contributed by atoms with Gasteiger partial charge in [-0.3, -0.25) is 0 Å². The molecule has 0 radical (unpaired) electrons. The van der Waals surface area contributed by atoms with Crippen LogP contribution < -0.4 is 8.96 Å². The maximum absolute atomic E-state index is 2.45. The fourth-order valence-corrected chi connectivity index (χ4v) is 7.27. The van der Waals surface area contributed by atoms with Crippen LogP contribution in [0.5, 0.6) is 0 Å². The second kappa shape index (κ2) is 5.96. The fraction of sp³-hybridized carbons (Fsp3) is 0.227. The van der Waals surface area contributed by atoms with Gasteiger partial charge >= 0.3 is 157 Å². The summed E-state index contributed by atoms with van der Waals surface area (Å²) in [6.45, 7) is 2.23. The molecule has 1 nitrogen and oxygen atoms in total. The third-order valence-electron chi connectivity index (χ3n) is 5.01. The molecule has 2 aromatic heterocycles. The zero-order valence-corrected chi connectivity index (χ0v) is 18.5. The van der Waals surface area contributed by atoms with E-state index in [-0.39, 0.29) is 0 Å². The van der Waals surface area contributed by atoms with E-state index in [1.54, 1.807) is 4.40 Å². The van der Waals surface area contributed by atoms with Gasteiger partial charge in [-0.25, -0.2) is 0 Å². The number of nitrogens with zero attached hydrogens (tertiary/aromatic N) is 1. The molecule has 4 aromatic rings. The molecular formula is C22H24GeNS+. The van der Waals surface area contributed by atoms with Gasteiger partial charge in [-0.2, -0.15) is 0 Å². The van der Waals surface area contributed by atoms with Crippen LogP contribution in [-0.4, -0.2) is 13.3 Å². The van der Waals surface area contributed by atoms with Crippen LogP contribution in [0, 0.1) is 6.92 Å². The van der Waals surface area contributed by atoms with Crippen molar-refractivity contribution >= 4 is 49.2 Å². The quantitative estimate of drug-likeness (QED) is 0.310. The van der Waals surface area contributed by atoms with Gasteiger partial charge < -0.3 is 0 Å². The summed E-state index contributed by atoms with van der Waals surface area (Å²) in [4.78, 5) is 0. The van der Waals surface area contributed by atoms with Crippen molar-refractivity contribution in [2.75, 3.05) is 0 Å². The molecule has 0 aliphatic rings. The molecule has 0 N–H and O–H groups in total. The Balaban J connectivity index is 2.02. The Labute approximate surface area is 156 Å². The summed E-state index contributed by atoms with van der Waals surface area (Å²) < 4.78 is 6.65. The Morgan fingerprint density at radius 1 is 0.880 bits per heavy atom. The number of hydrogen-bond donors (Lipinski definition) is 0. The van der Waals surface area contributed by atoms with E-state index in [0.717, 1.165) is 0 Å². The minimum absolute atomic E-state index is 1.31. The van der Waals surface area contributed by atoms with Gasteiger partial charge in [-0.05, 0) is 0 Å². The molecule has 0 fully saturated rings. The van der Waals surface area contributed by atoms with Crippen LogP contribution in [0.15, 0.2) is 54.7 Å². The molecule has 0 saturated carbocycles. The van der Waals surface area contributed by atoms with Gasteiger partial charge in [-0.1, -0.05) is 0 Å². The van der Waals surface area contributed by atoms with E-state index in [2.05, 4.69) is 90.5 Å². The molecule has 2 aromatic carbocycles. The first-order chi connectivity index (χ1) is 11.9. The summed E-state index contributed by atoms with van der Waals surface area (Å²) in [5.74, 6) is 7.35. The molecule has 0 atom stereocenters. The molecular weight excluding hydrogens is 383 g/mol. The van der Waals surface area contributed by atoms with Crippen molar-refractivity contribution in [1.29, 1.82) is 0 Å².